The molecule has 3 N–H and O–H groups in total. The Morgan fingerprint density at radius 2 is 2.27 bits per heavy atom. The van der Waals surface area contributed by atoms with Gasteiger partial charge in [0.1, 0.15) is 11.6 Å². The minimum atomic E-state index is 0.582. The normalized spacial score (nSPS) is 13.6. The number of aromatic amines is 1. The second-order valence-electron chi connectivity index (χ2n) is 3.59. The predicted molar refractivity (Wildman–Crippen MR) is 57.6 cm³/mol. The third-order valence-corrected chi connectivity index (χ3v) is 2.67. The lowest BCUT2D eigenvalue weighted by Gasteiger charge is -2.06. The van der Waals surface area contributed by atoms with Crippen molar-refractivity contribution in [2.24, 2.45) is 0 Å². The number of nitrogens with one attached hydrogen (secondary N) is 1. The summed E-state index contributed by atoms with van der Waals surface area (Å²) < 4.78 is 5.61. The molecule has 1 aliphatic heterocycles. The van der Waals surface area contributed by atoms with Gasteiger partial charge in [-0.1, -0.05) is 18.2 Å². The molecule has 0 radical (unpaired) electrons. The molecule has 1 aliphatic rings. The molecule has 0 spiro atoms. The van der Waals surface area contributed by atoms with Crippen LogP contribution in [0.4, 0.5) is 5.82 Å². The van der Waals surface area contributed by atoms with Crippen LogP contribution in [0.15, 0.2) is 24.4 Å². The third kappa shape index (κ3) is 1.18. The van der Waals surface area contributed by atoms with Gasteiger partial charge in [0.2, 0.25) is 0 Å². The molecule has 0 aliphatic carbocycles. The molecule has 0 unspecified atom stereocenters. The van der Waals surface area contributed by atoms with Crippen molar-refractivity contribution >= 4 is 5.82 Å². The summed E-state index contributed by atoms with van der Waals surface area (Å²) in [7, 11) is 0. The maximum absolute atomic E-state index is 5.79. The molecule has 4 heteroatoms. The van der Waals surface area contributed by atoms with E-state index in [0.29, 0.717) is 5.82 Å². The van der Waals surface area contributed by atoms with E-state index in [0.717, 1.165) is 29.9 Å². The number of hydrogen-bond donors (Lipinski definition) is 2. The molecule has 76 valence electrons. The highest BCUT2D eigenvalue weighted by atomic mass is 16.5. The molecule has 1 aromatic carbocycles. The average molecular weight is 201 g/mol. The van der Waals surface area contributed by atoms with E-state index in [4.69, 9.17) is 10.5 Å². The Bertz CT molecular complexity index is 504. The molecule has 0 bridgehead atoms. The molecular formula is C11H11N3O. The Morgan fingerprint density at radius 1 is 1.33 bits per heavy atom. The highest BCUT2D eigenvalue weighted by Gasteiger charge is 2.18. The van der Waals surface area contributed by atoms with Crippen LogP contribution in [-0.4, -0.2) is 16.8 Å². The monoisotopic (exact) mass is 201 g/mol. The number of nitrogens with two attached hydrogens (primary N) is 1. The van der Waals surface area contributed by atoms with E-state index in [1.54, 1.807) is 6.20 Å². The van der Waals surface area contributed by atoms with E-state index in [-0.39, 0.29) is 0 Å². The molecule has 0 saturated heterocycles. The summed E-state index contributed by atoms with van der Waals surface area (Å²) in [6, 6.07) is 6.11. The first kappa shape index (κ1) is 8.35. The fourth-order valence-corrected chi connectivity index (χ4v) is 1.94. The van der Waals surface area contributed by atoms with Gasteiger partial charge >= 0.3 is 0 Å². The second kappa shape index (κ2) is 3.02. The highest BCUT2D eigenvalue weighted by Crippen LogP contribution is 2.38. The van der Waals surface area contributed by atoms with Crippen molar-refractivity contribution in [3.05, 3.63) is 30.0 Å². The summed E-state index contributed by atoms with van der Waals surface area (Å²) in [4.78, 5) is 0. The quantitative estimate of drug-likeness (QED) is 0.736. The zero-order chi connectivity index (χ0) is 10.3. The first-order chi connectivity index (χ1) is 7.36. The van der Waals surface area contributed by atoms with Gasteiger partial charge in [0, 0.05) is 17.5 Å². The van der Waals surface area contributed by atoms with Crippen LogP contribution >= 0.6 is 0 Å². The van der Waals surface area contributed by atoms with Gasteiger partial charge in [-0.05, 0) is 5.56 Å². The largest absolute Gasteiger partial charge is 0.492 e. The molecule has 2 aromatic rings. The first-order valence-electron chi connectivity index (χ1n) is 4.90. The van der Waals surface area contributed by atoms with Crippen molar-refractivity contribution in [1.29, 1.82) is 0 Å². The summed E-state index contributed by atoms with van der Waals surface area (Å²) in [6.07, 6.45) is 2.70. The number of nitrogens with zero attached hydrogens (tertiary/aromatic N) is 1. The lowest BCUT2D eigenvalue weighted by atomic mass is 10.0. The Balaban J connectivity index is 2.21. The van der Waals surface area contributed by atoms with Crippen molar-refractivity contribution in [2.75, 3.05) is 12.3 Å². The Kier molecular flexibility index (Phi) is 1.68. The number of hydrogen-bond acceptors (Lipinski definition) is 3. The number of aromatic nitrogens is 2. The van der Waals surface area contributed by atoms with Gasteiger partial charge in [0.25, 0.3) is 0 Å². The van der Waals surface area contributed by atoms with Gasteiger partial charge in [-0.3, -0.25) is 5.10 Å². The topological polar surface area (TPSA) is 63.9 Å². The molecule has 0 amide bonds. The van der Waals surface area contributed by atoms with Gasteiger partial charge < -0.3 is 10.5 Å². The first-order valence-corrected chi connectivity index (χ1v) is 4.90. The van der Waals surface area contributed by atoms with Crippen LogP contribution in [0.5, 0.6) is 5.75 Å². The summed E-state index contributed by atoms with van der Waals surface area (Å²) in [5, 5.41) is 6.65. The van der Waals surface area contributed by atoms with Crippen LogP contribution in [0.2, 0.25) is 0 Å². The van der Waals surface area contributed by atoms with Crippen LogP contribution < -0.4 is 10.5 Å². The molecule has 0 fully saturated rings. The van der Waals surface area contributed by atoms with Crippen LogP contribution in [-0.2, 0) is 6.42 Å². The Labute approximate surface area is 87.1 Å². The number of nitrogen functional groups attached to an aromatic ring is 1. The molecule has 1 aromatic heterocycles. The minimum Gasteiger partial charge on any atom is -0.492 e. The maximum Gasteiger partial charge on any atom is 0.130 e. The number of benzene rings is 1. The van der Waals surface area contributed by atoms with Crippen molar-refractivity contribution in [1.82, 2.24) is 10.2 Å². The van der Waals surface area contributed by atoms with Gasteiger partial charge in [-0.15, -0.1) is 0 Å². The minimum absolute atomic E-state index is 0.582. The SMILES string of the molecule is Nc1[nH]ncc1-c1cccc2c1OCC2. The fraction of sp³-hybridized carbons (Fsp3) is 0.182. The second-order valence-corrected chi connectivity index (χ2v) is 3.59. The Hall–Kier alpha value is -1.97. The van der Waals surface area contributed by atoms with Gasteiger partial charge in [-0.2, -0.15) is 5.10 Å². The standard InChI is InChI=1S/C11H11N3O/c12-11-9(6-13-14-11)8-3-1-2-7-4-5-15-10(7)8/h1-3,6H,4-5H2,(H3,12,13,14). The molecule has 4 nitrogen and oxygen atoms in total. The summed E-state index contributed by atoms with van der Waals surface area (Å²) >= 11 is 0. The van der Waals surface area contributed by atoms with E-state index in [1.807, 2.05) is 12.1 Å². The summed E-state index contributed by atoms with van der Waals surface area (Å²) in [6.45, 7) is 0.754. The number of H-pyrrole nitrogens is 1. The van der Waals surface area contributed by atoms with E-state index in [9.17, 15) is 0 Å². The number of para-hydroxylation sites is 1. The van der Waals surface area contributed by atoms with Crippen molar-refractivity contribution in [3.63, 3.8) is 0 Å². The van der Waals surface area contributed by atoms with Gasteiger partial charge in [-0.25, -0.2) is 0 Å². The van der Waals surface area contributed by atoms with Crippen LogP contribution in [0.25, 0.3) is 11.1 Å². The molecule has 2 heterocycles. The van der Waals surface area contributed by atoms with E-state index in [1.165, 1.54) is 5.56 Å². The fourth-order valence-electron chi connectivity index (χ4n) is 1.94. The zero-order valence-electron chi connectivity index (χ0n) is 8.16. The van der Waals surface area contributed by atoms with Gasteiger partial charge in [0.05, 0.1) is 12.8 Å². The van der Waals surface area contributed by atoms with E-state index in [2.05, 4.69) is 16.3 Å². The lowest BCUT2D eigenvalue weighted by Crippen LogP contribution is -1.91. The number of anilines is 1. The maximum atomic E-state index is 5.79. The number of ether oxygens (including phenoxy) is 1. The zero-order valence-corrected chi connectivity index (χ0v) is 8.16. The molecule has 3 rings (SSSR count). The molecule has 15 heavy (non-hydrogen) atoms. The van der Waals surface area contributed by atoms with Crippen LogP contribution in [0, 0.1) is 0 Å². The molecular weight excluding hydrogens is 190 g/mol. The number of fused-ring (bicyclic) bond motifs is 1. The smallest absolute Gasteiger partial charge is 0.130 e. The van der Waals surface area contributed by atoms with Crippen molar-refractivity contribution in [2.45, 2.75) is 6.42 Å². The average Bonchev–Trinajstić information content (AvgIpc) is 2.85. The van der Waals surface area contributed by atoms with E-state index >= 15 is 0 Å². The lowest BCUT2D eigenvalue weighted by molar-refractivity contribution is 0.358. The van der Waals surface area contributed by atoms with Crippen LogP contribution in [0.1, 0.15) is 5.56 Å². The summed E-state index contributed by atoms with van der Waals surface area (Å²) in [5.74, 6) is 1.53. The predicted octanol–water partition coefficient (Wildman–Crippen LogP) is 1.59. The third-order valence-electron chi connectivity index (χ3n) is 2.67. The van der Waals surface area contributed by atoms with Crippen LogP contribution in [0.3, 0.4) is 0 Å². The Morgan fingerprint density at radius 3 is 3.07 bits per heavy atom. The molecule has 0 atom stereocenters. The highest BCUT2D eigenvalue weighted by molar-refractivity contribution is 5.79. The van der Waals surface area contributed by atoms with Crippen molar-refractivity contribution < 1.29 is 4.74 Å². The molecule has 0 saturated carbocycles. The van der Waals surface area contributed by atoms with Gasteiger partial charge in [0.15, 0.2) is 0 Å². The van der Waals surface area contributed by atoms with Crippen molar-refractivity contribution in [3.8, 4) is 16.9 Å². The van der Waals surface area contributed by atoms with E-state index < -0.39 is 0 Å². The summed E-state index contributed by atoms with van der Waals surface area (Å²) in [5.41, 5.74) is 8.97. The number of rotatable bonds is 1.